The normalized spacial score (nSPS) is 11.7. The van der Waals surface area contributed by atoms with E-state index >= 15 is 0 Å². The molecule has 98 valence electrons. The van der Waals surface area contributed by atoms with E-state index in [1.165, 1.54) is 12.1 Å². The van der Waals surface area contributed by atoms with E-state index < -0.39 is 11.9 Å². The Morgan fingerprint density at radius 1 is 1.50 bits per heavy atom. The van der Waals surface area contributed by atoms with E-state index in [0.717, 1.165) is 0 Å². The van der Waals surface area contributed by atoms with Crippen LogP contribution in [0.2, 0.25) is 5.15 Å². The fourth-order valence-corrected chi connectivity index (χ4v) is 1.54. The van der Waals surface area contributed by atoms with Crippen molar-refractivity contribution in [1.29, 1.82) is 0 Å². The van der Waals surface area contributed by atoms with Gasteiger partial charge in [0.15, 0.2) is 0 Å². The molecule has 0 aliphatic heterocycles. The molecule has 1 unspecified atom stereocenters. The SMILES string of the molecule is CCNC(=O)C(C)NC(=O)c1cc(N)nc(Cl)c1. The Morgan fingerprint density at radius 3 is 2.72 bits per heavy atom. The Bertz CT molecular complexity index is 444. The van der Waals surface area contributed by atoms with Gasteiger partial charge in [0.1, 0.15) is 17.0 Å². The molecule has 6 nitrogen and oxygen atoms in total. The van der Waals surface area contributed by atoms with Crippen molar-refractivity contribution in [2.24, 2.45) is 0 Å². The number of carbonyl (C=O) groups is 2. The summed E-state index contributed by atoms with van der Waals surface area (Å²) in [5.41, 5.74) is 5.75. The van der Waals surface area contributed by atoms with Crippen molar-refractivity contribution < 1.29 is 9.59 Å². The number of nitrogens with zero attached hydrogens (tertiary/aromatic N) is 1. The summed E-state index contributed by atoms with van der Waals surface area (Å²) in [6.45, 7) is 3.90. The number of carbonyl (C=O) groups excluding carboxylic acids is 2. The van der Waals surface area contributed by atoms with E-state index in [4.69, 9.17) is 17.3 Å². The van der Waals surface area contributed by atoms with Crippen molar-refractivity contribution in [3.05, 3.63) is 22.8 Å². The van der Waals surface area contributed by atoms with Gasteiger partial charge in [0.05, 0.1) is 0 Å². The van der Waals surface area contributed by atoms with Crippen LogP contribution in [0.25, 0.3) is 0 Å². The maximum absolute atomic E-state index is 11.8. The standard InChI is InChI=1S/C11H15ClN4O2/c1-3-14-10(17)6(2)15-11(18)7-4-8(12)16-9(13)5-7/h4-6H,3H2,1-2H3,(H2,13,16)(H,14,17)(H,15,18). The van der Waals surface area contributed by atoms with E-state index in [1.54, 1.807) is 13.8 Å². The van der Waals surface area contributed by atoms with Gasteiger partial charge in [-0.05, 0) is 26.0 Å². The molecule has 2 amide bonds. The highest BCUT2D eigenvalue weighted by Gasteiger charge is 2.16. The van der Waals surface area contributed by atoms with Crippen molar-refractivity contribution in [2.45, 2.75) is 19.9 Å². The molecule has 7 heteroatoms. The molecular formula is C11H15ClN4O2. The van der Waals surface area contributed by atoms with E-state index in [-0.39, 0.29) is 22.4 Å². The van der Waals surface area contributed by atoms with Crippen LogP contribution in [-0.4, -0.2) is 29.4 Å². The summed E-state index contributed by atoms with van der Waals surface area (Å²) in [6.07, 6.45) is 0. The highest BCUT2D eigenvalue weighted by Crippen LogP contribution is 2.12. The number of pyridine rings is 1. The monoisotopic (exact) mass is 270 g/mol. The third-order valence-electron chi connectivity index (χ3n) is 2.17. The van der Waals surface area contributed by atoms with Crippen LogP contribution in [0.15, 0.2) is 12.1 Å². The second-order valence-corrected chi connectivity index (χ2v) is 4.08. The van der Waals surface area contributed by atoms with Gasteiger partial charge in [0.25, 0.3) is 5.91 Å². The average Bonchev–Trinajstić information content (AvgIpc) is 2.27. The number of rotatable bonds is 4. The molecule has 0 bridgehead atoms. The number of nitrogen functional groups attached to an aromatic ring is 1. The predicted molar refractivity (Wildman–Crippen MR) is 69.3 cm³/mol. The minimum Gasteiger partial charge on any atom is -0.384 e. The summed E-state index contributed by atoms with van der Waals surface area (Å²) < 4.78 is 0. The number of nitrogens with one attached hydrogen (secondary N) is 2. The predicted octanol–water partition coefficient (Wildman–Crippen LogP) is 0.572. The first-order valence-electron chi connectivity index (χ1n) is 5.45. The molecule has 1 atom stereocenters. The van der Waals surface area contributed by atoms with Crippen LogP contribution in [0, 0.1) is 0 Å². The van der Waals surface area contributed by atoms with Crippen LogP contribution >= 0.6 is 11.6 Å². The van der Waals surface area contributed by atoms with Gasteiger partial charge in [-0.3, -0.25) is 9.59 Å². The van der Waals surface area contributed by atoms with Gasteiger partial charge in [0, 0.05) is 12.1 Å². The smallest absolute Gasteiger partial charge is 0.252 e. The van der Waals surface area contributed by atoms with E-state index in [0.29, 0.717) is 6.54 Å². The summed E-state index contributed by atoms with van der Waals surface area (Å²) in [5.74, 6) is -0.526. The molecule has 0 radical (unpaired) electrons. The van der Waals surface area contributed by atoms with Gasteiger partial charge in [0.2, 0.25) is 5.91 Å². The minimum atomic E-state index is -0.634. The average molecular weight is 271 g/mol. The zero-order valence-corrected chi connectivity index (χ0v) is 10.9. The lowest BCUT2D eigenvalue weighted by atomic mass is 10.2. The van der Waals surface area contributed by atoms with Gasteiger partial charge in [-0.15, -0.1) is 0 Å². The number of likely N-dealkylation sites (N-methyl/N-ethyl adjacent to an activating group) is 1. The molecule has 1 rings (SSSR count). The molecule has 0 aromatic carbocycles. The van der Waals surface area contributed by atoms with Crippen LogP contribution in [-0.2, 0) is 4.79 Å². The quantitative estimate of drug-likeness (QED) is 0.697. The second-order valence-electron chi connectivity index (χ2n) is 3.69. The van der Waals surface area contributed by atoms with Crippen molar-refractivity contribution in [1.82, 2.24) is 15.6 Å². The molecule has 18 heavy (non-hydrogen) atoms. The van der Waals surface area contributed by atoms with Gasteiger partial charge in [-0.2, -0.15) is 0 Å². The zero-order chi connectivity index (χ0) is 13.7. The molecule has 0 spiro atoms. The summed E-state index contributed by atoms with van der Waals surface area (Å²) in [5, 5.41) is 5.28. The first-order valence-corrected chi connectivity index (χ1v) is 5.83. The third kappa shape index (κ3) is 3.89. The fourth-order valence-electron chi connectivity index (χ4n) is 1.32. The van der Waals surface area contributed by atoms with Gasteiger partial charge in [-0.25, -0.2) is 4.98 Å². The highest BCUT2D eigenvalue weighted by molar-refractivity contribution is 6.29. The molecule has 1 aromatic rings. The molecule has 0 aliphatic carbocycles. The topological polar surface area (TPSA) is 97.1 Å². The first kappa shape index (κ1) is 14.2. The summed E-state index contributed by atoms with van der Waals surface area (Å²) >= 11 is 5.69. The Balaban J connectivity index is 2.73. The lowest BCUT2D eigenvalue weighted by Gasteiger charge is -2.13. The van der Waals surface area contributed by atoms with Crippen molar-refractivity contribution in [2.75, 3.05) is 12.3 Å². The number of nitrogens with two attached hydrogens (primary N) is 1. The lowest BCUT2D eigenvalue weighted by molar-refractivity contribution is -0.122. The highest BCUT2D eigenvalue weighted by atomic mass is 35.5. The molecule has 0 saturated heterocycles. The number of amides is 2. The Hall–Kier alpha value is -1.82. The maximum Gasteiger partial charge on any atom is 0.252 e. The molecule has 1 aromatic heterocycles. The molecule has 4 N–H and O–H groups in total. The zero-order valence-electron chi connectivity index (χ0n) is 10.2. The number of anilines is 1. The molecule has 0 aliphatic rings. The summed E-state index contributed by atoms with van der Waals surface area (Å²) in [4.78, 5) is 27.0. The number of hydrogen-bond donors (Lipinski definition) is 3. The van der Waals surface area contributed by atoms with E-state index in [9.17, 15) is 9.59 Å². The Labute approximate surface area is 110 Å². The van der Waals surface area contributed by atoms with Gasteiger partial charge in [-0.1, -0.05) is 11.6 Å². The lowest BCUT2D eigenvalue weighted by Crippen LogP contribution is -2.44. The second kappa shape index (κ2) is 6.20. The number of halogens is 1. The largest absolute Gasteiger partial charge is 0.384 e. The van der Waals surface area contributed by atoms with Crippen LogP contribution in [0.4, 0.5) is 5.82 Å². The third-order valence-corrected chi connectivity index (χ3v) is 2.36. The van der Waals surface area contributed by atoms with Crippen LogP contribution < -0.4 is 16.4 Å². The summed E-state index contributed by atoms with van der Waals surface area (Å²) in [6, 6.07) is 2.15. The van der Waals surface area contributed by atoms with Crippen molar-refractivity contribution >= 4 is 29.2 Å². The van der Waals surface area contributed by atoms with Crippen LogP contribution in [0.5, 0.6) is 0 Å². The Morgan fingerprint density at radius 2 is 2.17 bits per heavy atom. The fraction of sp³-hybridized carbons (Fsp3) is 0.364. The number of aromatic nitrogens is 1. The van der Waals surface area contributed by atoms with E-state index in [2.05, 4.69) is 15.6 Å². The van der Waals surface area contributed by atoms with Gasteiger partial charge >= 0.3 is 0 Å². The first-order chi connectivity index (χ1) is 8.43. The Kier molecular flexibility index (Phi) is 4.91. The summed E-state index contributed by atoms with van der Waals surface area (Å²) in [7, 11) is 0. The van der Waals surface area contributed by atoms with E-state index in [1.807, 2.05) is 0 Å². The van der Waals surface area contributed by atoms with Gasteiger partial charge < -0.3 is 16.4 Å². The molecule has 0 saturated carbocycles. The molecule has 1 heterocycles. The maximum atomic E-state index is 11.8. The minimum absolute atomic E-state index is 0.130. The molecule has 0 fully saturated rings. The van der Waals surface area contributed by atoms with Crippen LogP contribution in [0.1, 0.15) is 24.2 Å². The van der Waals surface area contributed by atoms with Crippen LogP contribution in [0.3, 0.4) is 0 Å². The molecular weight excluding hydrogens is 256 g/mol. The van der Waals surface area contributed by atoms with Crippen molar-refractivity contribution in [3.63, 3.8) is 0 Å². The van der Waals surface area contributed by atoms with Crippen molar-refractivity contribution in [3.8, 4) is 0 Å². The number of hydrogen-bond acceptors (Lipinski definition) is 4.